The van der Waals surface area contributed by atoms with Gasteiger partial charge < -0.3 is 10.1 Å². The smallest absolute Gasteiger partial charge is 0.298 e. The highest BCUT2D eigenvalue weighted by atomic mass is 127. The molecule has 1 N–H and O–H groups in total. The molecule has 5 heteroatoms. The van der Waals surface area contributed by atoms with Crippen molar-refractivity contribution in [1.82, 2.24) is 0 Å². The van der Waals surface area contributed by atoms with E-state index in [1.807, 2.05) is 22.6 Å². The van der Waals surface area contributed by atoms with Crippen molar-refractivity contribution in [2.45, 2.75) is 6.92 Å². The number of benzene rings is 1. The molecule has 1 aromatic rings. The molecule has 1 amide bonds. The molecule has 0 aliphatic carbocycles. The van der Waals surface area contributed by atoms with Crippen LogP contribution in [-0.2, 0) is 9.59 Å². The van der Waals surface area contributed by atoms with E-state index in [1.165, 1.54) is 6.92 Å². The third-order valence-electron chi connectivity index (χ3n) is 1.44. The lowest BCUT2D eigenvalue weighted by atomic mass is 10.3. The number of carbonyl (C=O) groups excluding carboxylic acids is 2. The van der Waals surface area contributed by atoms with Gasteiger partial charge in [-0.1, -0.05) is 0 Å². The van der Waals surface area contributed by atoms with Gasteiger partial charge >= 0.3 is 0 Å². The highest BCUT2D eigenvalue weighted by Crippen LogP contribution is 2.23. The molecule has 14 heavy (non-hydrogen) atoms. The van der Waals surface area contributed by atoms with Crippen LogP contribution in [0, 0.1) is 3.57 Å². The molecule has 0 fully saturated rings. The molecule has 4 nitrogen and oxygen atoms in total. The summed E-state index contributed by atoms with van der Waals surface area (Å²) in [5.74, 6) is 0.325. The largest absolute Gasteiger partial charge is 0.429 e. The Hall–Kier alpha value is -1.11. The molecule has 0 saturated heterocycles. The van der Waals surface area contributed by atoms with Gasteiger partial charge in [-0.2, -0.15) is 0 Å². The molecule has 0 spiro atoms. The van der Waals surface area contributed by atoms with Crippen LogP contribution in [0.15, 0.2) is 18.2 Å². The summed E-state index contributed by atoms with van der Waals surface area (Å²) in [6, 6.07) is 4.96. The highest BCUT2D eigenvalue weighted by Gasteiger charge is 2.03. The second-order valence-electron chi connectivity index (χ2n) is 2.54. The topological polar surface area (TPSA) is 55.4 Å². The first-order valence-electron chi connectivity index (χ1n) is 3.81. The van der Waals surface area contributed by atoms with Crippen LogP contribution in [-0.4, -0.2) is 12.4 Å². The van der Waals surface area contributed by atoms with Crippen molar-refractivity contribution < 1.29 is 14.3 Å². The Kier molecular flexibility index (Phi) is 3.87. The Bertz CT molecular complexity index is 365. The van der Waals surface area contributed by atoms with Crippen LogP contribution in [0.2, 0.25) is 0 Å². The fraction of sp³-hybridized carbons (Fsp3) is 0.111. The Morgan fingerprint density at radius 1 is 1.57 bits per heavy atom. The second kappa shape index (κ2) is 4.94. The number of amides is 1. The molecule has 0 radical (unpaired) electrons. The number of halogens is 1. The first-order chi connectivity index (χ1) is 6.63. The lowest BCUT2D eigenvalue weighted by Crippen LogP contribution is -2.07. The summed E-state index contributed by atoms with van der Waals surface area (Å²) >= 11 is 2.05. The van der Waals surface area contributed by atoms with Gasteiger partial charge in [0, 0.05) is 10.5 Å². The van der Waals surface area contributed by atoms with Crippen molar-refractivity contribution >= 4 is 40.7 Å². The first kappa shape index (κ1) is 11.0. The van der Waals surface area contributed by atoms with Crippen molar-refractivity contribution in [2.24, 2.45) is 0 Å². The van der Waals surface area contributed by atoms with Gasteiger partial charge in [-0.3, -0.25) is 9.59 Å². The molecule has 0 heterocycles. The lowest BCUT2D eigenvalue weighted by Gasteiger charge is -2.05. The maximum Gasteiger partial charge on any atom is 0.298 e. The zero-order valence-electron chi connectivity index (χ0n) is 7.41. The normalized spacial score (nSPS) is 9.29. The number of anilines is 1. The molecule has 74 valence electrons. The van der Waals surface area contributed by atoms with E-state index in [1.54, 1.807) is 18.2 Å². The van der Waals surface area contributed by atoms with Gasteiger partial charge in [-0.05, 0) is 40.8 Å². The minimum absolute atomic E-state index is 0.132. The van der Waals surface area contributed by atoms with E-state index in [-0.39, 0.29) is 5.91 Å². The number of ether oxygens (including phenoxy) is 1. The zero-order valence-corrected chi connectivity index (χ0v) is 9.57. The summed E-state index contributed by atoms with van der Waals surface area (Å²) in [7, 11) is 0. The first-order valence-corrected chi connectivity index (χ1v) is 4.89. The van der Waals surface area contributed by atoms with Crippen LogP contribution < -0.4 is 10.1 Å². The van der Waals surface area contributed by atoms with Gasteiger partial charge in [0.1, 0.15) is 5.75 Å². The maximum atomic E-state index is 10.8. The third kappa shape index (κ3) is 2.99. The minimum Gasteiger partial charge on any atom is -0.429 e. The van der Waals surface area contributed by atoms with E-state index in [2.05, 4.69) is 10.1 Å². The lowest BCUT2D eigenvalue weighted by molar-refractivity contribution is -0.120. The summed E-state index contributed by atoms with van der Waals surface area (Å²) in [6.07, 6.45) is 0. The standard InChI is InChI=1S/C9H8INO3/c1-6(13)11-9-3-2-7(14-5-12)4-8(9)10/h2-5H,1H3,(H,11,13). The van der Waals surface area contributed by atoms with E-state index in [0.29, 0.717) is 17.9 Å². The monoisotopic (exact) mass is 305 g/mol. The Balaban J connectivity index is 2.89. The van der Waals surface area contributed by atoms with E-state index >= 15 is 0 Å². The summed E-state index contributed by atoms with van der Waals surface area (Å²) in [5.41, 5.74) is 0.705. The van der Waals surface area contributed by atoms with E-state index in [9.17, 15) is 9.59 Å². The summed E-state index contributed by atoms with van der Waals surface area (Å²) < 4.78 is 5.47. The quantitative estimate of drug-likeness (QED) is 0.684. The van der Waals surface area contributed by atoms with Crippen molar-refractivity contribution in [3.63, 3.8) is 0 Å². The molecule has 0 aromatic heterocycles. The van der Waals surface area contributed by atoms with Crippen molar-refractivity contribution in [1.29, 1.82) is 0 Å². The molecule has 0 saturated carbocycles. The number of hydrogen-bond acceptors (Lipinski definition) is 3. The van der Waals surface area contributed by atoms with Crippen LogP contribution in [0.3, 0.4) is 0 Å². The van der Waals surface area contributed by atoms with Gasteiger partial charge in [-0.25, -0.2) is 0 Å². The van der Waals surface area contributed by atoms with Crippen molar-refractivity contribution in [3.8, 4) is 5.75 Å². The molecule has 1 aromatic carbocycles. The van der Waals surface area contributed by atoms with E-state index in [4.69, 9.17) is 0 Å². The fourth-order valence-corrected chi connectivity index (χ4v) is 1.54. The number of nitrogens with one attached hydrogen (secondary N) is 1. The van der Waals surface area contributed by atoms with Crippen molar-refractivity contribution in [3.05, 3.63) is 21.8 Å². The van der Waals surface area contributed by atoms with Gasteiger partial charge in [-0.15, -0.1) is 0 Å². The van der Waals surface area contributed by atoms with Crippen LogP contribution in [0.4, 0.5) is 5.69 Å². The summed E-state index contributed by atoms with van der Waals surface area (Å²) in [4.78, 5) is 20.8. The molecular weight excluding hydrogens is 297 g/mol. The molecule has 1 rings (SSSR count). The Morgan fingerprint density at radius 2 is 2.29 bits per heavy atom. The minimum atomic E-state index is -0.132. The predicted octanol–water partition coefficient (Wildman–Crippen LogP) is 1.78. The van der Waals surface area contributed by atoms with Crippen LogP contribution in [0.1, 0.15) is 6.92 Å². The molecule has 0 aliphatic rings. The number of hydrogen-bond donors (Lipinski definition) is 1. The van der Waals surface area contributed by atoms with Gasteiger partial charge in [0.2, 0.25) is 5.91 Å². The van der Waals surface area contributed by atoms with Crippen LogP contribution >= 0.6 is 22.6 Å². The van der Waals surface area contributed by atoms with Crippen LogP contribution in [0.5, 0.6) is 5.75 Å². The van der Waals surface area contributed by atoms with Gasteiger partial charge in [0.15, 0.2) is 0 Å². The summed E-state index contributed by atoms with van der Waals surface area (Å²) in [6.45, 7) is 1.80. The van der Waals surface area contributed by atoms with Gasteiger partial charge in [0.25, 0.3) is 6.47 Å². The zero-order chi connectivity index (χ0) is 10.6. The Labute approximate surface area is 94.8 Å². The second-order valence-corrected chi connectivity index (χ2v) is 3.70. The molecule has 0 unspecified atom stereocenters. The van der Waals surface area contributed by atoms with Crippen molar-refractivity contribution in [2.75, 3.05) is 5.32 Å². The highest BCUT2D eigenvalue weighted by molar-refractivity contribution is 14.1. The molecular formula is C9H8INO3. The number of rotatable bonds is 3. The third-order valence-corrected chi connectivity index (χ3v) is 2.33. The maximum absolute atomic E-state index is 10.8. The average Bonchev–Trinajstić information content (AvgIpc) is 2.10. The fourth-order valence-electron chi connectivity index (χ4n) is 0.916. The van der Waals surface area contributed by atoms with Crippen LogP contribution in [0.25, 0.3) is 0 Å². The number of carbonyl (C=O) groups is 2. The van der Waals surface area contributed by atoms with Gasteiger partial charge in [0.05, 0.1) is 5.69 Å². The predicted molar refractivity (Wildman–Crippen MR) is 60.2 cm³/mol. The van der Waals surface area contributed by atoms with E-state index < -0.39 is 0 Å². The molecule has 0 aliphatic heterocycles. The Morgan fingerprint density at radius 3 is 2.79 bits per heavy atom. The van der Waals surface area contributed by atoms with E-state index in [0.717, 1.165) is 3.57 Å². The molecule has 0 bridgehead atoms. The average molecular weight is 305 g/mol. The SMILES string of the molecule is CC(=O)Nc1ccc(OC=O)cc1I. The molecule has 0 atom stereocenters. The summed E-state index contributed by atoms with van der Waals surface area (Å²) in [5, 5.41) is 2.65.